The van der Waals surface area contributed by atoms with Gasteiger partial charge in [0.15, 0.2) is 0 Å². The third-order valence-corrected chi connectivity index (χ3v) is 7.03. The summed E-state index contributed by atoms with van der Waals surface area (Å²) < 4.78 is 27.6. The van der Waals surface area contributed by atoms with Crippen molar-refractivity contribution >= 4 is 41.9 Å². The number of rotatable bonds is 3. The third kappa shape index (κ3) is 2.40. The highest BCUT2D eigenvalue weighted by molar-refractivity contribution is 9.11. The van der Waals surface area contributed by atoms with Crippen molar-refractivity contribution in [1.82, 2.24) is 4.31 Å². The summed E-state index contributed by atoms with van der Waals surface area (Å²) >= 11 is 6.55. The molecule has 0 unspecified atom stereocenters. The highest BCUT2D eigenvalue weighted by Gasteiger charge is 2.55. The standard InChI is InChI=1S/C12H13Br2NO3S/c13-9-3-4-10(14)11(5-9)19(17,18)15-6-12(16,7-15)8-1-2-8/h3-5,8,16H,1-2,6-7H2. The monoisotopic (exact) mass is 409 g/mol. The molecule has 0 amide bonds. The van der Waals surface area contributed by atoms with E-state index in [0.717, 1.165) is 12.8 Å². The Hall–Kier alpha value is 0.0500. The van der Waals surface area contributed by atoms with E-state index in [1.165, 1.54) is 4.31 Å². The van der Waals surface area contributed by atoms with E-state index >= 15 is 0 Å². The molecule has 1 saturated carbocycles. The average Bonchev–Trinajstić information content (AvgIpc) is 3.12. The van der Waals surface area contributed by atoms with E-state index in [-0.39, 0.29) is 23.9 Å². The zero-order valence-electron chi connectivity index (χ0n) is 10.0. The fourth-order valence-corrected chi connectivity index (χ4v) is 5.46. The van der Waals surface area contributed by atoms with Crippen molar-refractivity contribution in [2.45, 2.75) is 23.3 Å². The molecule has 2 fully saturated rings. The van der Waals surface area contributed by atoms with Crippen molar-refractivity contribution in [3.63, 3.8) is 0 Å². The lowest BCUT2D eigenvalue weighted by Crippen LogP contribution is -2.64. The molecule has 7 heteroatoms. The average molecular weight is 411 g/mol. The zero-order chi connectivity index (χ0) is 13.8. The molecule has 0 radical (unpaired) electrons. The zero-order valence-corrected chi connectivity index (χ0v) is 14.0. The maximum absolute atomic E-state index is 12.5. The lowest BCUT2D eigenvalue weighted by Gasteiger charge is -2.45. The SMILES string of the molecule is O=S(=O)(c1cc(Br)ccc1Br)N1CC(O)(C2CC2)C1. The first kappa shape index (κ1) is 14.0. The molecule has 1 aromatic rings. The van der Waals surface area contributed by atoms with Crippen LogP contribution in [0, 0.1) is 5.92 Å². The van der Waals surface area contributed by atoms with Crippen molar-refractivity contribution in [3.8, 4) is 0 Å². The van der Waals surface area contributed by atoms with Crippen LogP contribution >= 0.6 is 31.9 Å². The normalized spacial score (nSPS) is 23.1. The lowest BCUT2D eigenvalue weighted by atomic mass is 9.91. The number of β-amino-alcohol motifs (C(OH)–C–C–N with tert-alkyl or cyclic N) is 1. The van der Waals surface area contributed by atoms with Gasteiger partial charge in [0.05, 0.1) is 10.5 Å². The molecule has 19 heavy (non-hydrogen) atoms. The Kier molecular flexibility index (Phi) is 3.34. The van der Waals surface area contributed by atoms with Gasteiger partial charge in [0.2, 0.25) is 10.0 Å². The summed E-state index contributed by atoms with van der Waals surface area (Å²) in [7, 11) is -3.54. The smallest absolute Gasteiger partial charge is 0.244 e. The Morgan fingerprint density at radius 1 is 1.26 bits per heavy atom. The van der Waals surface area contributed by atoms with Crippen LogP contribution in [0.3, 0.4) is 0 Å². The van der Waals surface area contributed by atoms with Gasteiger partial charge >= 0.3 is 0 Å². The molecule has 1 aliphatic carbocycles. The third-order valence-electron chi connectivity index (χ3n) is 3.75. The molecule has 3 rings (SSSR count). The predicted molar refractivity (Wildman–Crippen MR) is 78.3 cm³/mol. The fraction of sp³-hybridized carbons (Fsp3) is 0.500. The summed E-state index contributed by atoms with van der Waals surface area (Å²) in [6, 6.07) is 5.05. The van der Waals surface area contributed by atoms with E-state index in [0.29, 0.717) is 8.95 Å². The molecule has 2 aliphatic rings. The molecule has 1 aromatic carbocycles. The number of aliphatic hydroxyl groups is 1. The van der Waals surface area contributed by atoms with Gasteiger partial charge in [0.25, 0.3) is 0 Å². The molecule has 1 N–H and O–H groups in total. The van der Waals surface area contributed by atoms with E-state index in [1.807, 2.05) is 0 Å². The Labute approximate surface area is 129 Å². The molecular formula is C12H13Br2NO3S. The molecule has 1 aliphatic heterocycles. The Bertz CT molecular complexity index is 622. The molecule has 0 spiro atoms. The van der Waals surface area contributed by atoms with Gasteiger partial charge < -0.3 is 5.11 Å². The second kappa shape index (κ2) is 4.53. The van der Waals surface area contributed by atoms with Gasteiger partial charge in [-0.05, 0) is 52.9 Å². The Morgan fingerprint density at radius 3 is 2.47 bits per heavy atom. The van der Waals surface area contributed by atoms with E-state index in [9.17, 15) is 13.5 Å². The predicted octanol–water partition coefficient (Wildman–Crippen LogP) is 2.36. The van der Waals surface area contributed by atoms with E-state index < -0.39 is 15.6 Å². The van der Waals surface area contributed by atoms with Crippen molar-refractivity contribution in [2.24, 2.45) is 5.92 Å². The first-order chi connectivity index (χ1) is 8.83. The molecule has 1 heterocycles. The summed E-state index contributed by atoms with van der Waals surface area (Å²) in [6.45, 7) is 0.415. The van der Waals surface area contributed by atoms with Gasteiger partial charge in [-0.3, -0.25) is 0 Å². The van der Waals surface area contributed by atoms with Crippen LogP contribution in [0.2, 0.25) is 0 Å². The molecular weight excluding hydrogens is 398 g/mol. The molecule has 0 atom stereocenters. The fourth-order valence-electron chi connectivity index (χ4n) is 2.43. The van der Waals surface area contributed by atoms with E-state index in [4.69, 9.17) is 0 Å². The molecule has 104 valence electrons. The largest absolute Gasteiger partial charge is 0.387 e. The highest BCUT2D eigenvalue weighted by Crippen LogP contribution is 2.46. The summed E-state index contributed by atoms with van der Waals surface area (Å²) in [6.07, 6.45) is 2.01. The van der Waals surface area contributed by atoms with Crippen molar-refractivity contribution < 1.29 is 13.5 Å². The van der Waals surface area contributed by atoms with Gasteiger partial charge in [0, 0.05) is 22.0 Å². The van der Waals surface area contributed by atoms with Gasteiger partial charge in [-0.25, -0.2) is 8.42 Å². The van der Waals surface area contributed by atoms with Crippen LogP contribution in [0.4, 0.5) is 0 Å². The summed E-state index contributed by atoms with van der Waals surface area (Å²) in [5, 5.41) is 10.2. The minimum absolute atomic E-state index is 0.207. The van der Waals surface area contributed by atoms with Crippen LogP contribution in [0.1, 0.15) is 12.8 Å². The first-order valence-corrected chi connectivity index (χ1v) is 9.03. The summed E-state index contributed by atoms with van der Waals surface area (Å²) in [4.78, 5) is 0.236. The summed E-state index contributed by atoms with van der Waals surface area (Å²) in [5.41, 5.74) is -0.800. The highest BCUT2D eigenvalue weighted by atomic mass is 79.9. The number of benzene rings is 1. The second-order valence-corrected chi connectivity index (χ2v) is 8.90. The minimum atomic E-state index is -3.54. The van der Waals surface area contributed by atoms with Crippen LogP contribution in [-0.4, -0.2) is 36.5 Å². The van der Waals surface area contributed by atoms with Gasteiger partial charge in [-0.1, -0.05) is 15.9 Å². The van der Waals surface area contributed by atoms with Gasteiger partial charge in [-0.2, -0.15) is 4.31 Å². The topological polar surface area (TPSA) is 57.6 Å². The number of hydrogen-bond donors (Lipinski definition) is 1. The molecule has 4 nitrogen and oxygen atoms in total. The van der Waals surface area contributed by atoms with Crippen LogP contribution in [-0.2, 0) is 10.0 Å². The second-order valence-electron chi connectivity index (χ2n) is 5.23. The number of nitrogens with zero attached hydrogens (tertiary/aromatic N) is 1. The molecule has 1 saturated heterocycles. The van der Waals surface area contributed by atoms with E-state index in [1.54, 1.807) is 18.2 Å². The number of hydrogen-bond acceptors (Lipinski definition) is 3. The lowest BCUT2D eigenvalue weighted by molar-refractivity contribution is -0.0765. The maximum atomic E-state index is 12.5. The van der Waals surface area contributed by atoms with E-state index in [2.05, 4.69) is 31.9 Å². The number of halogens is 2. The summed E-state index contributed by atoms with van der Waals surface area (Å²) in [5.74, 6) is 0.282. The molecule has 0 aromatic heterocycles. The first-order valence-electron chi connectivity index (χ1n) is 6.00. The quantitative estimate of drug-likeness (QED) is 0.831. The Balaban J connectivity index is 1.86. The maximum Gasteiger partial charge on any atom is 0.244 e. The van der Waals surface area contributed by atoms with Gasteiger partial charge in [0.1, 0.15) is 0 Å². The van der Waals surface area contributed by atoms with Crippen LogP contribution in [0.25, 0.3) is 0 Å². The van der Waals surface area contributed by atoms with Gasteiger partial charge in [-0.15, -0.1) is 0 Å². The van der Waals surface area contributed by atoms with Crippen LogP contribution in [0.5, 0.6) is 0 Å². The minimum Gasteiger partial charge on any atom is -0.387 e. The Morgan fingerprint density at radius 2 is 1.89 bits per heavy atom. The van der Waals surface area contributed by atoms with Crippen LogP contribution in [0.15, 0.2) is 32.0 Å². The van der Waals surface area contributed by atoms with Crippen LogP contribution < -0.4 is 0 Å². The van der Waals surface area contributed by atoms with Crippen molar-refractivity contribution in [3.05, 3.63) is 27.1 Å². The van der Waals surface area contributed by atoms with Crippen molar-refractivity contribution in [1.29, 1.82) is 0 Å². The van der Waals surface area contributed by atoms with Crippen molar-refractivity contribution in [2.75, 3.05) is 13.1 Å². The number of sulfonamides is 1. The molecule has 0 bridgehead atoms.